The van der Waals surface area contributed by atoms with Gasteiger partial charge in [-0.05, 0) is 36.4 Å². The number of H-pyrrole nitrogens is 1. The normalized spacial score (nSPS) is 11.2. The second kappa shape index (κ2) is 7.03. The first kappa shape index (κ1) is 15.9. The number of para-hydroxylation sites is 2. The zero-order chi connectivity index (χ0) is 16.9. The van der Waals surface area contributed by atoms with Crippen LogP contribution in [0.25, 0.3) is 22.7 Å². The molecule has 0 spiro atoms. The van der Waals surface area contributed by atoms with Crippen molar-refractivity contribution in [2.45, 2.75) is 0 Å². The Morgan fingerprint density at radius 2 is 2.17 bits per heavy atom. The van der Waals surface area contributed by atoms with Gasteiger partial charge in [-0.2, -0.15) is 5.26 Å². The molecular formula is C19H14ClN3O. The number of imidazole rings is 1. The molecule has 3 aromatic rings. The zero-order valence-corrected chi connectivity index (χ0v) is 13.5. The molecule has 0 aliphatic heterocycles. The molecule has 1 aromatic heterocycles. The number of benzene rings is 2. The summed E-state index contributed by atoms with van der Waals surface area (Å²) in [5, 5.41) is 10.1. The molecule has 1 N–H and O–H groups in total. The standard InChI is InChI=1S/C19H14ClN3O/c1-2-9-24-18-8-7-15(20)11-13(18)10-14(12-21)19-22-16-5-3-4-6-17(16)23-19/h2-8,10-11H,1,9H2,(H,22,23)/b14-10-. The number of halogens is 1. The van der Waals surface area contributed by atoms with E-state index in [0.717, 1.165) is 11.0 Å². The van der Waals surface area contributed by atoms with E-state index in [-0.39, 0.29) is 0 Å². The van der Waals surface area contributed by atoms with Crippen molar-refractivity contribution in [1.29, 1.82) is 5.26 Å². The number of aromatic nitrogens is 2. The molecule has 3 rings (SSSR count). The third kappa shape index (κ3) is 3.32. The van der Waals surface area contributed by atoms with Gasteiger partial charge in [-0.3, -0.25) is 0 Å². The molecule has 0 radical (unpaired) electrons. The number of nitriles is 1. The van der Waals surface area contributed by atoms with Crippen LogP contribution in [0.4, 0.5) is 0 Å². The summed E-state index contributed by atoms with van der Waals surface area (Å²) in [6, 6.07) is 15.1. The lowest BCUT2D eigenvalue weighted by atomic mass is 10.1. The predicted molar refractivity (Wildman–Crippen MR) is 96.7 cm³/mol. The van der Waals surface area contributed by atoms with Gasteiger partial charge in [-0.15, -0.1) is 0 Å². The molecule has 0 bridgehead atoms. The molecule has 5 heteroatoms. The molecule has 0 unspecified atom stereocenters. The van der Waals surface area contributed by atoms with Gasteiger partial charge in [-0.25, -0.2) is 4.98 Å². The van der Waals surface area contributed by atoms with Gasteiger partial charge in [-0.1, -0.05) is 36.4 Å². The predicted octanol–water partition coefficient (Wildman–Crippen LogP) is 4.85. The summed E-state index contributed by atoms with van der Waals surface area (Å²) in [5.74, 6) is 1.14. The molecule has 0 saturated carbocycles. The maximum Gasteiger partial charge on any atom is 0.149 e. The second-order valence-electron chi connectivity index (χ2n) is 5.05. The van der Waals surface area contributed by atoms with E-state index < -0.39 is 0 Å². The molecule has 118 valence electrons. The first-order valence-electron chi connectivity index (χ1n) is 7.31. The van der Waals surface area contributed by atoms with E-state index >= 15 is 0 Å². The number of rotatable bonds is 5. The van der Waals surface area contributed by atoms with Gasteiger partial charge in [0.05, 0.1) is 16.6 Å². The number of nitrogens with zero attached hydrogens (tertiary/aromatic N) is 2. The van der Waals surface area contributed by atoms with Crippen molar-refractivity contribution in [3.05, 3.63) is 71.5 Å². The Bertz CT molecular complexity index is 933. The van der Waals surface area contributed by atoms with Crippen molar-refractivity contribution in [3.8, 4) is 11.8 Å². The van der Waals surface area contributed by atoms with Crippen LogP contribution in [0.1, 0.15) is 11.4 Å². The molecular weight excluding hydrogens is 322 g/mol. The van der Waals surface area contributed by atoms with Crippen molar-refractivity contribution >= 4 is 34.3 Å². The third-order valence-corrected chi connectivity index (χ3v) is 3.63. The van der Waals surface area contributed by atoms with Crippen molar-refractivity contribution in [2.75, 3.05) is 6.61 Å². The fourth-order valence-corrected chi connectivity index (χ4v) is 2.48. The highest BCUT2D eigenvalue weighted by molar-refractivity contribution is 6.30. The van der Waals surface area contributed by atoms with Crippen LogP contribution in [-0.2, 0) is 0 Å². The monoisotopic (exact) mass is 335 g/mol. The molecule has 0 fully saturated rings. The highest BCUT2D eigenvalue weighted by atomic mass is 35.5. The topological polar surface area (TPSA) is 61.7 Å². The number of hydrogen-bond acceptors (Lipinski definition) is 3. The van der Waals surface area contributed by atoms with Crippen molar-refractivity contribution in [2.24, 2.45) is 0 Å². The molecule has 0 saturated heterocycles. The van der Waals surface area contributed by atoms with Gasteiger partial charge < -0.3 is 9.72 Å². The molecule has 4 nitrogen and oxygen atoms in total. The number of hydrogen-bond donors (Lipinski definition) is 1. The number of nitrogens with one attached hydrogen (secondary N) is 1. The zero-order valence-electron chi connectivity index (χ0n) is 12.8. The molecule has 24 heavy (non-hydrogen) atoms. The fourth-order valence-electron chi connectivity index (χ4n) is 2.30. The van der Waals surface area contributed by atoms with E-state index in [1.807, 2.05) is 24.3 Å². The van der Waals surface area contributed by atoms with Crippen molar-refractivity contribution in [1.82, 2.24) is 9.97 Å². The number of allylic oxidation sites excluding steroid dienone is 1. The summed E-state index contributed by atoms with van der Waals surface area (Å²) in [5.41, 5.74) is 2.80. The Morgan fingerprint density at radius 3 is 2.92 bits per heavy atom. The maximum absolute atomic E-state index is 9.53. The van der Waals surface area contributed by atoms with E-state index in [0.29, 0.717) is 34.3 Å². The summed E-state index contributed by atoms with van der Waals surface area (Å²) in [7, 11) is 0. The van der Waals surface area contributed by atoms with Gasteiger partial charge in [0.2, 0.25) is 0 Å². The minimum Gasteiger partial charge on any atom is -0.489 e. The van der Waals surface area contributed by atoms with Crippen LogP contribution < -0.4 is 4.74 Å². The Hall–Kier alpha value is -3.03. The summed E-state index contributed by atoms with van der Waals surface area (Å²) >= 11 is 6.08. The maximum atomic E-state index is 9.53. The Morgan fingerprint density at radius 1 is 1.33 bits per heavy atom. The highest BCUT2D eigenvalue weighted by Crippen LogP contribution is 2.27. The average Bonchev–Trinajstić information content (AvgIpc) is 3.02. The summed E-state index contributed by atoms with van der Waals surface area (Å²) in [4.78, 5) is 7.61. The second-order valence-corrected chi connectivity index (χ2v) is 5.49. The van der Waals surface area contributed by atoms with Crippen LogP contribution >= 0.6 is 11.6 Å². The molecule has 0 aliphatic rings. The first-order chi connectivity index (χ1) is 11.7. The van der Waals surface area contributed by atoms with E-state index in [2.05, 4.69) is 22.6 Å². The number of aromatic amines is 1. The van der Waals surface area contributed by atoms with E-state index in [4.69, 9.17) is 16.3 Å². The van der Waals surface area contributed by atoms with Crippen molar-refractivity contribution in [3.63, 3.8) is 0 Å². The lowest BCUT2D eigenvalue weighted by molar-refractivity contribution is 0.362. The molecule has 2 aromatic carbocycles. The van der Waals surface area contributed by atoms with Gasteiger partial charge in [0, 0.05) is 10.6 Å². The van der Waals surface area contributed by atoms with Gasteiger partial charge in [0.25, 0.3) is 0 Å². The lowest BCUT2D eigenvalue weighted by Gasteiger charge is -2.08. The van der Waals surface area contributed by atoms with E-state index in [9.17, 15) is 5.26 Å². The Kier molecular flexibility index (Phi) is 4.64. The van der Waals surface area contributed by atoms with Gasteiger partial charge in [0.1, 0.15) is 24.3 Å². The average molecular weight is 336 g/mol. The Balaban J connectivity index is 2.06. The minimum absolute atomic E-state index is 0.370. The SMILES string of the molecule is C=CCOc1ccc(Cl)cc1/C=C(/C#N)c1nc2ccccc2[nH]1. The molecule has 1 heterocycles. The Labute approximate surface area is 144 Å². The van der Waals surface area contributed by atoms with Crippen LogP contribution in [0.3, 0.4) is 0 Å². The van der Waals surface area contributed by atoms with Gasteiger partial charge in [0.15, 0.2) is 0 Å². The first-order valence-corrected chi connectivity index (χ1v) is 7.69. The summed E-state index contributed by atoms with van der Waals surface area (Å²) < 4.78 is 5.62. The van der Waals surface area contributed by atoms with Crippen LogP contribution in [0.5, 0.6) is 5.75 Å². The van der Waals surface area contributed by atoms with Gasteiger partial charge >= 0.3 is 0 Å². The van der Waals surface area contributed by atoms with Crippen LogP contribution in [-0.4, -0.2) is 16.6 Å². The minimum atomic E-state index is 0.370. The smallest absolute Gasteiger partial charge is 0.149 e. The number of fused-ring (bicyclic) bond motifs is 1. The molecule has 0 atom stereocenters. The quantitative estimate of drug-likeness (QED) is 0.535. The van der Waals surface area contributed by atoms with Crippen LogP contribution in [0.15, 0.2) is 55.1 Å². The van der Waals surface area contributed by atoms with E-state index in [1.54, 1.807) is 30.4 Å². The number of ether oxygens (including phenoxy) is 1. The van der Waals surface area contributed by atoms with E-state index in [1.165, 1.54) is 0 Å². The largest absolute Gasteiger partial charge is 0.489 e. The molecule has 0 amide bonds. The summed E-state index contributed by atoms with van der Waals surface area (Å²) in [6.07, 6.45) is 3.37. The fraction of sp³-hybridized carbons (Fsp3) is 0.0526. The van der Waals surface area contributed by atoms with Crippen molar-refractivity contribution < 1.29 is 4.74 Å². The molecule has 0 aliphatic carbocycles. The van der Waals surface area contributed by atoms with Crippen LogP contribution in [0.2, 0.25) is 5.02 Å². The highest BCUT2D eigenvalue weighted by Gasteiger charge is 2.10. The third-order valence-electron chi connectivity index (χ3n) is 3.39. The lowest BCUT2D eigenvalue weighted by Crippen LogP contribution is -1.95. The summed E-state index contributed by atoms with van der Waals surface area (Å²) in [6.45, 7) is 4.01. The van der Waals surface area contributed by atoms with Crippen LogP contribution in [0, 0.1) is 11.3 Å².